The summed E-state index contributed by atoms with van der Waals surface area (Å²) in [6, 6.07) is 5.55. The lowest BCUT2D eigenvalue weighted by Gasteiger charge is -1.98. The maximum Gasteiger partial charge on any atom is 0.160 e. The van der Waals surface area contributed by atoms with Gasteiger partial charge in [0.1, 0.15) is 5.69 Å². The van der Waals surface area contributed by atoms with E-state index in [1.54, 1.807) is 0 Å². The van der Waals surface area contributed by atoms with Crippen LogP contribution in [0.2, 0.25) is 4.34 Å². The maximum atomic E-state index is 5.82. The van der Waals surface area contributed by atoms with Gasteiger partial charge in [0.2, 0.25) is 0 Å². The molecule has 3 nitrogen and oxygen atoms in total. The zero-order chi connectivity index (χ0) is 10.1. The number of halogens is 2. The predicted molar refractivity (Wildman–Crippen MR) is 62.5 cm³/mol. The highest BCUT2D eigenvalue weighted by Gasteiger charge is 2.06. The SMILES string of the molecule is Nc1nnc(-c2ccc(Cl)s2)cc1Br. The molecule has 0 aliphatic carbocycles. The molecule has 2 aromatic heterocycles. The van der Waals surface area contributed by atoms with Crippen molar-refractivity contribution in [1.82, 2.24) is 10.2 Å². The van der Waals surface area contributed by atoms with E-state index in [1.165, 1.54) is 11.3 Å². The van der Waals surface area contributed by atoms with Crippen molar-refractivity contribution in [3.8, 4) is 10.6 Å². The lowest BCUT2D eigenvalue weighted by atomic mass is 10.3. The van der Waals surface area contributed by atoms with Crippen molar-refractivity contribution in [2.45, 2.75) is 0 Å². The Morgan fingerprint density at radius 3 is 2.71 bits per heavy atom. The predicted octanol–water partition coefficient (Wildman–Crippen LogP) is 3.20. The molecule has 14 heavy (non-hydrogen) atoms. The molecule has 2 N–H and O–H groups in total. The van der Waals surface area contributed by atoms with Crippen LogP contribution in [0.15, 0.2) is 22.7 Å². The summed E-state index contributed by atoms with van der Waals surface area (Å²) in [5.74, 6) is 0.386. The smallest absolute Gasteiger partial charge is 0.160 e. The van der Waals surface area contributed by atoms with E-state index >= 15 is 0 Å². The largest absolute Gasteiger partial charge is 0.381 e. The highest BCUT2D eigenvalue weighted by atomic mass is 79.9. The standard InChI is InChI=1S/C8H5BrClN3S/c9-4-3-5(12-13-8(4)11)6-1-2-7(10)14-6/h1-3H,(H2,11,13). The molecule has 0 unspecified atom stereocenters. The number of hydrogen-bond donors (Lipinski definition) is 1. The third-order valence-electron chi connectivity index (χ3n) is 1.60. The zero-order valence-electron chi connectivity index (χ0n) is 6.87. The molecule has 0 bridgehead atoms. The van der Waals surface area contributed by atoms with E-state index in [9.17, 15) is 0 Å². The summed E-state index contributed by atoms with van der Waals surface area (Å²) in [5.41, 5.74) is 6.30. The Morgan fingerprint density at radius 2 is 2.14 bits per heavy atom. The van der Waals surface area contributed by atoms with Gasteiger partial charge in [-0.2, -0.15) is 0 Å². The van der Waals surface area contributed by atoms with Gasteiger partial charge in [0.25, 0.3) is 0 Å². The Hall–Kier alpha value is -0.650. The van der Waals surface area contributed by atoms with Gasteiger partial charge in [0.15, 0.2) is 5.82 Å². The van der Waals surface area contributed by atoms with Crippen LogP contribution in [0, 0.1) is 0 Å². The minimum atomic E-state index is 0.386. The van der Waals surface area contributed by atoms with Gasteiger partial charge in [-0.1, -0.05) is 11.6 Å². The number of nitrogen functional groups attached to an aromatic ring is 1. The molecule has 0 saturated heterocycles. The second-order valence-electron chi connectivity index (χ2n) is 2.57. The van der Waals surface area contributed by atoms with Gasteiger partial charge in [-0.25, -0.2) is 0 Å². The number of thiophene rings is 1. The fourth-order valence-electron chi connectivity index (χ4n) is 0.951. The molecule has 72 valence electrons. The quantitative estimate of drug-likeness (QED) is 0.877. The van der Waals surface area contributed by atoms with Crippen LogP contribution < -0.4 is 5.73 Å². The molecule has 0 radical (unpaired) electrons. The average Bonchev–Trinajstić information content (AvgIpc) is 2.57. The van der Waals surface area contributed by atoms with E-state index in [2.05, 4.69) is 26.1 Å². The number of hydrogen-bond acceptors (Lipinski definition) is 4. The Balaban J connectivity index is 2.47. The van der Waals surface area contributed by atoms with Crippen molar-refractivity contribution >= 4 is 44.7 Å². The molecule has 2 rings (SSSR count). The second kappa shape index (κ2) is 3.84. The van der Waals surface area contributed by atoms with Gasteiger partial charge in [0, 0.05) is 0 Å². The van der Waals surface area contributed by atoms with Crippen LogP contribution in [0.4, 0.5) is 5.82 Å². The summed E-state index contributed by atoms with van der Waals surface area (Å²) >= 11 is 10.6. The van der Waals surface area contributed by atoms with E-state index in [0.717, 1.165) is 19.4 Å². The fourth-order valence-corrected chi connectivity index (χ4v) is 2.25. The van der Waals surface area contributed by atoms with E-state index in [-0.39, 0.29) is 0 Å². The summed E-state index contributed by atoms with van der Waals surface area (Å²) in [4.78, 5) is 0.975. The van der Waals surface area contributed by atoms with E-state index in [1.807, 2.05) is 18.2 Å². The monoisotopic (exact) mass is 289 g/mol. The summed E-state index contributed by atoms with van der Waals surface area (Å²) in [5, 5.41) is 7.78. The van der Waals surface area contributed by atoms with Gasteiger partial charge >= 0.3 is 0 Å². The molecule has 0 spiro atoms. The highest BCUT2D eigenvalue weighted by Crippen LogP contribution is 2.31. The van der Waals surface area contributed by atoms with Crippen LogP contribution in [0.3, 0.4) is 0 Å². The molecule has 2 aromatic rings. The van der Waals surface area contributed by atoms with E-state index < -0.39 is 0 Å². The topological polar surface area (TPSA) is 51.8 Å². The first-order valence-electron chi connectivity index (χ1n) is 3.71. The van der Waals surface area contributed by atoms with E-state index in [0.29, 0.717) is 5.82 Å². The Kier molecular flexibility index (Phi) is 2.71. The van der Waals surface area contributed by atoms with Crippen LogP contribution in [-0.4, -0.2) is 10.2 Å². The van der Waals surface area contributed by atoms with Crippen molar-refractivity contribution in [3.63, 3.8) is 0 Å². The first-order chi connectivity index (χ1) is 6.66. The minimum absolute atomic E-state index is 0.386. The van der Waals surface area contributed by atoms with Gasteiger partial charge in [0.05, 0.1) is 13.7 Å². The number of nitrogens with two attached hydrogens (primary N) is 1. The summed E-state index contributed by atoms with van der Waals surface area (Å²) < 4.78 is 1.47. The zero-order valence-corrected chi connectivity index (χ0v) is 10.0. The molecule has 0 aliphatic rings. The van der Waals surface area contributed by atoms with Crippen molar-refractivity contribution < 1.29 is 0 Å². The summed E-state index contributed by atoms with van der Waals surface area (Å²) in [6.07, 6.45) is 0. The molecule has 0 amide bonds. The fraction of sp³-hybridized carbons (Fsp3) is 0. The number of nitrogens with zero attached hydrogens (tertiary/aromatic N) is 2. The van der Waals surface area contributed by atoms with Crippen molar-refractivity contribution in [2.24, 2.45) is 0 Å². The lowest BCUT2D eigenvalue weighted by Crippen LogP contribution is -1.95. The molecule has 0 aliphatic heterocycles. The highest BCUT2D eigenvalue weighted by molar-refractivity contribution is 9.10. The van der Waals surface area contributed by atoms with Crippen LogP contribution in [0.25, 0.3) is 10.6 Å². The summed E-state index contributed by atoms with van der Waals surface area (Å²) in [6.45, 7) is 0. The number of rotatable bonds is 1. The van der Waals surface area contributed by atoms with Crippen molar-refractivity contribution in [2.75, 3.05) is 5.73 Å². The third kappa shape index (κ3) is 1.89. The number of aromatic nitrogens is 2. The molecule has 6 heteroatoms. The van der Waals surface area contributed by atoms with Crippen molar-refractivity contribution in [1.29, 1.82) is 0 Å². The molecule has 0 fully saturated rings. The molecule has 0 saturated carbocycles. The maximum absolute atomic E-state index is 5.82. The van der Waals surface area contributed by atoms with Gasteiger partial charge < -0.3 is 5.73 Å². The normalized spacial score (nSPS) is 10.4. The summed E-state index contributed by atoms with van der Waals surface area (Å²) in [7, 11) is 0. The third-order valence-corrected chi connectivity index (χ3v) is 3.49. The average molecular weight is 291 g/mol. The molecule has 0 aromatic carbocycles. The molecular formula is C8H5BrClN3S. The first-order valence-corrected chi connectivity index (χ1v) is 5.70. The van der Waals surface area contributed by atoms with Crippen LogP contribution in [-0.2, 0) is 0 Å². The minimum Gasteiger partial charge on any atom is -0.381 e. The molecular weight excluding hydrogens is 286 g/mol. The van der Waals surface area contributed by atoms with Crippen LogP contribution >= 0.6 is 38.9 Å². The molecule has 0 atom stereocenters. The van der Waals surface area contributed by atoms with Gasteiger partial charge in [-0.05, 0) is 34.1 Å². The van der Waals surface area contributed by atoms with Crippen LogP contribution in [0.1, 0.15) is 0 Å². The van der Waals surface area contributed by atoms with Crippen LogP contribution in [0.5, 0.6) is 0 Å². The first kappa shape index (κ1) is 9.89. The Labute approximate surface area is 98.0 Å². The Bertz CT molecular complexity index is 471. The lowest BCUT2D eigenvalue weighted by molar-refractivity contribution is 1.05. The number of anilines is 1. The van der Waals surface area contributed by atoms with Crippen molar-refractivity contribution in [3.05, 3.63) is 27.0 Å². The van der Waals surface area contributed by atoms with Gasteiger partial charge in [-0.15, -0.1) is 21.5 Å². The Morgan fingerprint density at radius 1 is 1.36 bits per heavy atom. The second-order valence-corrected chi connectivity index (χ2v) is 5.14. The molecule has 2 heterocycles. The van der Waals surface area contributed by atoms with Gasteiger partial charge in [-0.3, -0.25) is 0 Å². The van der Waals surface area contributed by atoms with E-state index in [4.69, 9.17) is 17.3 Å².